The van der Waals surface area contributed by atoms with Crippen LogP contribution in [0.15, 0.2) is 30.3 Å². The van der Waals surface area contributed by atoms with Crippen LogP contribution in [0.2, 0.25) is 0 Å². The van der Waals surface area contributed by atoms with Crippen LogP contribution in [0.1, 0.15) is 33.3 Å². The zero-order valence-corrected chi connectivity index (χ0v) is 16.0. The first-order chi connectivity index (χ1) is 10.7. The van der Waals surface area contributed by atoms with Crippen molar-refractivity contribution >= 4 is 19.7 Å². The van der Waals surface area contributed by atoms with Crippen molar-refractivity contribution < 1.29 is 13.9 Å². The van der Waals surface area contributed by atoms with Gasteiger partial charge in [-0.05, 0) is 25.8 Å². The minimum atomic E-state index is -3.14. The highest BCUT2D eigenvalue weighted by molar-refractivity contribution is 8.02. The van der Waals surface area contributed by atoms with E-state index in [1.54, 1.807) is 0 Å². The molecule has 1 aromatic carbocycles. The maximum atomic E-state index is 13.2. The molecule has 3 rings (SSSR count). The summed E-state index contributed by atoms with van der Waals surface area (Å²) in [4.78, 5) is 13.2. The molecule has 0 aromatic heterocycles. The van der Waals surface area contributed by atoms with Gasteiger partial charge >= 0.3 is 0 Å². The van der Waals surface area contributed by atoms with Gasteiger partial charge in [0.05, 0.1) is 10.1 Å². The molecule has 0 spiro atoms. The average Bonchev–Trinajstić information content (AvgIpc) is 2.79. The minimum Gasteiger partial charge on any atom is -0.630 e. The van der Waals surface area contributed by atoms with E-state index in [0.29, 0.717) is 13.2 Å². The maximum Gasteiger partial charge on any atom is 0.256 e. The highest BCUT2D eigenvalue weighted by Crippen LogP contribution is 2.66. The number of thioether (sulfide) groups is 1. The molecule has 6 heteroatoms. The van der Waals surface area contributed by atoms with E-state index in [9.17, 15) is 4.89 Å². The predicted molar refractivity (Wildman–Crippen MR) is 95.1 cm³/mol. The summed E-state index contributed by atoms with van der Waals surface area (Å²) in [6, 6.07) is 10.4. The molecule has 0 radical (unpaired) electrons. The third-order valence-electron chi connectivity index (χ3n) is 4.30. The van der Waals surface area contributed by atoms with E-state index in [1.807, 2.05) is 17.8 Å². The number of benzene rings is 1. The molecule has 0 saturated carbocycles. The Morgan fingerprint density at radius 3 is 2.39 bits per heavy atom. The van der Waals surface area contributed by atoms with Crippen LogP contribution in [0.5, 0.6) is 0 Å². The third kappa shape index (κ3) is 3.92. The van der Waals surface area contributed by atoms with E-state index in [4.69, 9.17) is 9.05 Å². The van der Waals surface area contributed by atoms with Crippen LogP contribution in [0.4, 0.5) is 0 Å². The molecule has 4 nitrogen and oxygen atoms in total. The SMILES string of the molecule is CC1(C)CO[P+]([O-])([C@@H]2N[C@H](Cc3ccccc3)SC2(C)C)OC1. The molecule has 128 valence electrons. The zero-order chi connectivity index (χ0) is 16.7. The molecule has 2 atom stereocenters. The molecule has 2 heterocycles. The van der Waals surface area contributed by atoms with Gasteiger partial charge in [0.15, 0.2) is 5.78 Å². The van der Waals surface area contributed by atoms with E-state index in [1.165, 1.54) is 5.56 Å². The highest BCUT2D eigenvalue weighted by atomic mass is 32.2. The average molecular weight is 355 g/mol. The second kappa shape index (κ2) is 6.29. The first-order valence-corrected chi connectivity index (χ1v) is 10.6. The van der Waals surface area contributed by atoms with E-state index < -0.39 is 7.94 Å². The summed E-state index contributed by atoms with van der Waals surface area (Å²) in [6.45, 7) is 9.32. The molecule has 2 fully saturated rings. The third-order valence-corrected chi connectivity index (χ3v) is 8.31. The fraction of sp³-hybridized carbons (Fsp3) is 0.647. The zero-order valence-electron chi connectivity index (χ0n) is 14.2. The van der Waals surface area contributed by atoms with Gasteiger partial charge in [0.2, 0.25) is 0 Å². The summed E-state index contributed by atoms with van der Waals surface area (Å²) < 4.78 is 11.3. The summed E-state index contributed by atoms with van der Waals surface area (Å²) in [5.74, 6) is -0.273. The largest absolute Gasteiger partial charge is 0.630 e. The second-order valence-corrected chi connectivity index (χ2v) is 11.7. The van der Waals surface area contributed by atoms with Crippen molar-refractivity contribution in [3.8, 4) is 0 Å². The molecule has 2 saturated heterocycles. The van der Waals surface area contributed by atoms with Crippen LogP contribution in [0.3, 0.4) is 0 Å². The molecular formula is C17H26NO3PS. The number of rotatable bonds is 3. The molecule has 2 aliphatic heterocycles. The first-order valence-electron chi connectivity index (χ1n) is 8.07. The lowest BCUT2D eigenvalue weighted by Crippen LogP contribution is -2.49. The smallest absolute Gasteiger partial charge is 0.256 e. The minimum absolute atomic E-state index is 0.0762. The van der Waals surface area contributed by atoms with E-state index >= 15 is 0 Å². The lowest BCUT2D eigenvalue weighted by molar-refractivity contribution is -0.237. The van der Waals surface area contributed by atoms with Crippen molar-refractivity contribution in [1.82, 2.24) is 5.32 Å². The first kappa shape index (κ1) is 17.7. The number of hydrogen-bond acceptors (Lipinski definition) is 5. The summed E-state index contributed by atoms with van der Waals surface area (Å²) in [6.07, 6.45) is 0.900. The van der Waals surface area contributed by atoms with Crippen molar-refractivity contribution in [3.63, 3.8) is 0 Å². The number of nitrogens with one attached hydrogen (secondary N) is 1. The van der Waals surface area contributed by atoms with Gasteiger partial charge in [0.25, 0.3) is 7.94 Å². The van der Waals surface area contributed by atoms with Crippen LogP contribution in [0.25, 0.3) is 0 Å². The van der Waals surface area contributed by atoms with Crippen LogP contribution in [-0.2, 0) is 15.5 Å². The van der Waals surface area contributed by atoms with Gasteiger partial charge in [-0.25, -0.2) is 9.05 Å². The summed E-state index contributed by atoms with van der Waals surface area (Å²) >= 11 is 1.82. The van der Waals surface area contributed by atoms with E-state index in [2.05, 4.69) is 57.3 Å². The standard InChI is InChI=1S/C17H26NO3PS/c1-16(2)11-20-22(19,21-12-16)15-17(3,4)23-14(18-15)10-13-8-6-5-7-9-13/h5-9,14-15,18H,10-12H2,1-4H3/t14-,15-/m0/s1. The normalized spacial score (nSPS) is 31.9. The van der Waals surface area contributed by atoms with Gasteiger partial charge in [-0.15, -0.1) is 11.8 Å². The Bertz CT molecular complexity index is 542. The Morgan fingerprint density at radius 2 is 1.78 bits per heavy atom. The summed E-state index contributed by atoms with van der Waals surface area (Å²) in [7, 11) is -3.14. The molecule has 0 unspecified atom stereocenters. The molecule has 0 bridgehead atoms. The Hall–Kier alpha value is -0.160. The highest BCUT2D eigenvalue weighted by Gasteiger charge is 2.58. The Labute approximate surface area is 143 Å². The molecule has 23 heavy (non-hydrogen) atoms. The number of hydrogen-bond donors (Lipinski definition) is 1. The fourth-order valence-corrected chi connectivity index (χ4v) is 7.64. The fourth-order valence-electron chi connectivity index (χ4n) is 3.00. The second-order valence-electron chi connectivity index (χ2n) is 7.72. The van der Waals surface area contributed by atoms with Crippen molar-refractivity contribution in [2.75, 3.05) is 13.2 Å². The van der Waals surface area contributed by atoms with Crippen LogP contribution in [-0.4, -0.2) is 29.1 Å². The molecule has 2 aliphatic rings. The summed E-state index contributed by atoms with van der Waals surface area (Å²) in [5.41, 5.74) is 1.20. The van der Waals surface area contributed by atoms with Gasteiger partial charge in [0.1, 0.15) is 13.2 Å². The Balaban J connectivity index is 1.70. The van der Waals surface area contributed by atoms with Crippen LogP contribution >= 0.6 is 19.7 Å². The van der Waals surface area contributed by atoms with Crippen molar-refractivity contribution in [2.24, 2.45) is 5.41 Å². The van der Waals surface area contributed by atoms with Crippen LogP contribution < -0.4 is 10.2 Å². The van der Waals surface area contributed by atoms with E-state index in [0.717, 1.165) is 6.42 Å². The molecule has 0 amide bonds. The molecule has 0 aliphatic carbocycles. The molecule has 1 N–H and O–H groups in total. The lowest BCUT2D eigenvalue weighted by atomic mass is 9.97. The quantitative estimate of drug-likeness (QED) is 0.844. The lowest BCUT2D eigenvalue weighted by Gasteiger charge is -2.43. The monoisotopic (exact) mass is 355 g/mol. The van der Waals surface area contributed by atoms with Crippen molar-refractivity contribution in [2.45, 2.75) is 50.0 Å². The maximum absolute atomic E-state index is 13.2. The van der Waals surface area contributed by atoms with Gasteiger partial charge in [-0.1, -0.05) is 44.2 Å². The van der Waals surface area contributed by atoms with Gasteiger partial charge in [-0.3, -0.25) is 5.32 Å². The Morgan fingerprint density at radius 1 is 1.17 bits per heavy atom. The van der Waals surface area contributed by atoms with Crippen molar-refractivity contribution in [3.05, 3.63) is 35.9 Å². The predicted octanol–water partition coefficient (Wildman–Crippen LogP) is 3.19. The van der Waals surface area contributed by atoms with Gasteiger partial charge in [-0.2, -0.15) is 0 Å². The topological polar surface area (TPSA) is 53.5 Å². The van der Waals surface area contributed by atoms with E-state index in [-0.39, 0.29) is 21.3 Å². The van der Waals surface area contributed by atoms with Crippen molar-refractivity contribution in [1.29, 1.82) is 0 Å². The Kier molecular flexibility index (Phi) is 4.83. The van der Waals surface area contributed by atoms with Gasteiger partial charge < -0.3 is 4.89 Å². The summed E-state index contributed by atoms with van der Waals surface area (Å²) in [5, 5.41) is 3.73. The van der Waals surface area contributed by atoms with Crippen LogP contribution in [0, 0.1) is 5.41 Å². The molecule has 1 aromatic rings. The molecular weight excluding hydrogens is 329 g/mol. The van der Waals surface area contributed by atoms with Gasteiger partial charge in [0, 0.05) is 5.41 Å².